The van der Waals surface area contributed by atoms with Crippen LogP contribution in [0.5, 0.6) is 0 Å². The molecule has 4 rings (SSSR count). The van der Waals surface area contributed by atoms with Crippen LogP contribution in [0, 0.1) is 5.92 Å². The zero-order valence-electron chi connectivity index (χ0n) is 15.1. The molecule has 3 heterocycles. The average Bonchev–Trinajstić information content (AvgIpc) is 3.39. The van der Waals surface area contributed by atoms with Crippen molar-refractivity contribution >= 4 is 34.8 Å². The van der Waals surface area contributed by atoms with E-state index in [1.807, 2.05) is 15.9 Å². The van der Waals surface area contributed by atoms with Crippen molar-refractivity contribution in [3.8, 4) is 0 Å². The van der Waals surface area contributed by atoms with E-state index in [-0.39, 0.29) is 23.8 Å². The topological polar surface area (TPSA) is 40.6 Å². The lowest BCUT2D eigenvalue weighted by Crippen LogP contribution is -2.46. The molecule has 2 atom stereocenters. The average molecular weight is 403 g/mol. The van der Waals surface area contributed by atoms with Crippen LogP contribution in [0.25, 0.3) is 0 Å². The summed E-state index contributed by atoms with van der Waals surface area (Å²) in [6.07, 6.45) is 3.81. The standard InChI is InChI=1S/C21H23ClN2O2S/c22-17-9-7-15(8-10-17)20(25)23-11-1-4-16(14-23)21(26)24-12-2-5-18(24)19-6-3-13-27-19/h3,6-10,13,16,18H,1-2,4-5,11-12,14H2/t16-,18-/m1/s1. The normalized spacial score (nSPS) is 22.9. The van der Waals surface area contributed by atoms with Gasteiger partial charge >= 0.3 is 0 Å². The van der Waals surface area contributed by atoms with Gasteiger partial charge in [0.15, 0.2) is 0 Å². The Morgan fingerprint density at radius 1 is 1.04 bits per heavy atom. The first kappa shape index (κ1) is 18.5. The molecule has 142 valence electrons. The third-order valence-electron chi connectivity index (χ3n) is 5.56. The Kier molecular flexibility index (Phi) is 5.50. The van der Waals surface area contributed by atoms with Crippen molar-refractivity contribution in [2.75, 3.05) is 19.6 Å². The van der Waals surface area contributed by atoms with Crippen LogP contribution in [0.2, 0.25) is 5.02 Å². The molecule has 4 nitrogen and oxygen atoms in total. The fourth-order valence-electron chi connectivity index (χ4n) is 4.18. The van der Waals surface area contributed by atoms with E-state index in [9.17, 15) is 9.59 Å². The molecule has 0 N–H and O–H groups in total. The molecule has 1 aromatic heterocycles. The van der Waals surface area contributed by atoms with Gasteiger partial charge in [-0.3, -0.25) is 9.59 Å². The second kappa shape index (κ2) is 8.03. The number of carbonyl (C=O) groups is 2. The lowest BCUT2D eigenvalue weighted by Gasteiger charge is -2.35. The zero-order valence-corrected chi connectivity index (χ0v) is 16.7. The van der Waals surface area contributed by atoms with Crippen LogP contribution in [0.3, 0.4) is 0 Å². The molecule has 0 radical (unpaired) electrons. The highest BCUT2D eigenvalue weighted by atomic mass is 35.5. The molecule has 0 spiro atoms. The minimum absolute atomic E-state index is 0.0135. The fourth-order valence-corrected chi connectivity index (χ4v) is 5.18. The maximum absolute atomic E-state index is 13.2. The van der Waals surface area contributed by atoms with E-state index < -0.39 is 0 Å². The van der Waals surface area contributed by atoms with Gasteiger partial charge < -0.3 is 9.80 Å². The fraction of sp³-hybridized carbons (Fsp3) is 0.429. The second-order valence-corrected chi connectivity index (χ2v) is 8.72. The van der Waals surface area contributed by atoms with Gasteiger partial charge in [0.25, 0.3) is 5.91 Å². The van der Waals surface area contributed by atoms with Crippen molar-refractivity contribution < 1.29 is 9.59 Å². The van der Waals surface area contributed by atoms with Crippen LogP contribution in [-0.2, 0) is 4.79 Å². The first-order valence-corrected chi connectivity index (χ1v) is 10.8. The smallest absolute Gasteiger partial charge is 0.253 e. The summed E-state index contributed by atoms with van der Waals surface area (Å²) in [4.78, 5) is 31.2. The summed E-state index contributed by atoms with van der Waals surface area (Å²) in [6, 6.07) is 11.4. The molecule has 0 bridgehead atoms. The monoisotopic (exact) mass is 402 g/mol. The van der Waals surface area contributed by atoms with Gasteiger partial charge in [0.2, 0.25) is 5.91 Å². The first-order valence-electron chi connectivity index (χ1n) is 9.52. The van der Waals surface area contributed by atoms with Crippen molar-refractivity contribution in [1.82, 2.24) is 9.80 Å². The van der Waals surface area contributed by atoms with E-state index >= 15 is 0 Å². The van der Waals surface area contributed by atoms with Crippen molar-refractivity contribution in [3.63, 3.8) is 0 Å². The summed E-state index contributed by atoms with van der Waals surface area (Å²) in [6.45, 7) is 2.04. The van der Waals surface area contributed by atoms with Crippen LogP contribution in [-0.4, -0.2) is 41.2 Å². The molecule has 2 saturated heterocycles. The number of thiophene rings is 1. The van der Waals surface area contributed by atoms with Gasteiger partial charge in [-0.05, 0) is 61.4 Å². The number of amides is 2. The number of piperidine rings is 1. The van der Waals surface area contributed by atoms with Gasteiger partial charge in [0, 0.05) is 35.1 Å². The zero-order chi connectivity index (χ0) is 18.8. The summed E-state index contributed by atoms with van der Waals surface area (Å²) in [5, 5.41) is 2.69. The minimum Gasteiger partial charge on any atom is -0.338 e. The Labute approximate surface area is 168 Å². The van der Waals surface area contributed by atoms with Gasteiger partial charge in [-0.2, -0.15) is 0 Å². The molecule has 2 aromatic rings. The highest BCUT2D eigenvalue weighted by molar-refractivity contribution is 7.10. The molecule has 2 fully saturated rings. The van der Waals surface area contributed by atoms with Gasteiger partial charge in [-0.25, -0.2) is 0 Å². The molecule has 2 aliphatic heterocycles. The largest absolute Gasteiger partial charge is 0.338 e. The molecule has 2 amide bonds. The number of rotatable bonds is 3. The van der Waals surface area contributed by atoms with E-state index in [2.05, 4.69) is 11.4 Å². The van der Waals surface area contributed by atoms with Gasteiger partial charge in [0.05, 0.1) is 12.0 Å². The number of hydrogen-bond donors (Lipinski definition) is 0. The van der Waals surface area contributed by atoms with Crippen LogP contribution >= 0.6 is 22.9 Å². The Balaban J connectivity index is 1.45. The molecule has 0 aliphatic carbocycles. The summed E-state index contributed by atoms with van der Waals surface area (Å²) in [5.41, 5.74) is 0.630. The quantitative estimate of drug-likeness (QED) is 0.751. The van der Waals surface area contributed by atoms with Crippen molar-refractivity contribution in [3.05, 3.63) is 57.2 Å². The molecule has 0 saturated carbocycles. The second-order valence-electron chi connectivity index (χ2n) is 7.30. The summed E-state index contributed by atoms with van der Waals surface area (Å²) in [7, 11) is 0. The molecule has 6 heteroatoms. The van der Waals surface area contributed by atoms with E-state index in [1.54, 1.807) is 35.6 Å². The van der Waals surface area contributed by atoms with E-state index in [0.717, 1.165) is 32.2 Å². The summed E-state index contributed by atoms with van der Waals surface area (Å²) in [5.74, 6) is 0.0930. The maximum atomic E-state index is 13.2. The third kappa shape index (κ3) is 3.90. The molecular formula is C21H23ClN2O2S. The van der Waals surface area contributed by atoms with E-state index in [4.69, 9.17) is 11.6 Å². The SMILES string of the molecule is O=C(c1ccc(Cl)cc1)N1CCC[C@@H](C(=O)N2CCC[C@@H]2c2cccs2)C1. The Morgan fingerprint density at radius 3 is 2.56 bits per heavy atom. The van der Waals surface area contributed by atoms with Crippen molar-refractivity contribution in [2.45, 2.75) is 31.7 Å². The predicted octanol–water partition coefficient (Wildman–Crippen LogP) is 4.62. The van der Waals surface area contributed by atoms with Crippen LogP contribution in [0.1, 0.15) is 47.0 Å². The number of likely N-dealkylation sites (tertiary alicyclic amines) is 2. The molecule has 0 unspecified atom stereocenters. The van der Waals surface area contributed by atoms with Gasteiger partial charge in [-0.15, -0.1) is 11.3 Å². The molecule has 2 aliphatic rings. The highest BCUT2D eigenvalue weighted by Gasteiger charge is 2.37. The third-order valence-corrected chi connectivity index (χ3v) is 6.78. The first-order chi connectivity index (χ1) is 13.1. The van der Waals surface area contributed by atoms with Crippen LogP contribution in [0.4, 0.5) is 0 Å². The number of carbonyl (C=O) groups excluding carboxylic acids is 2. The van der Waals surface area contributed by atoms with Crippen molar-refractivity contribution in [1.29, 1.82) is 0 Å². The van der Waals surface area contributed by atoms with Crippen LogP contribution < -0.4 is 0 Å². The van der Waals surface area contributed by atoms with Gasteiger partial charge in [-0.1, -0.05) is 17.7 Å². The number of benzene rings is 1. The molecular weight excluding hydrogens is 380 g/mol. The van der Waals surface area contributed by atoms with E-state index in [0.29, 0.717) is 23.7 Å². The number of halogens is 1. The molecule has 1 aromatic carbocycles. The number of nitrogens with zero attached hydrogens (tertiary/aromatic N) is 2. The van der Waals surface area contributed by atoms with Crippen LogP contribution in [0.15, 0.2) is 41.8 Å². The van der Waals surface area contributed by atoms with Crippen molar-refractivity contribution in [2.24, 2.45) is 5.92 Å². The summed E-state index contributed by atoms with van der Waals surface area (Å²) < 4.78 is 0. The van der Waals surface area contributed by atoms with E-state index in [1.165, 1.54) is 4.88 Å². The Bertz CT molecular complexity index is 806. The Morgan fingerprint density at radius 2 is 1.81 bits per heavy atom. The van der Waals surface area contributed by atoms with Gasteiger partial charge in [0.1, 0.15) is 0 Å². The predicted molar refractivity (Wildman–Crippen MR) is 108 cm³/mol. The Hall–Kier alpha value is -1.85. The summed E-state index contributed by atoms with van der Waals surface area (Å²) >= 11 is 7.64. The lowest BCUT2D eigenvalue weighted by molar-refractivity contribution is -0.137. The maximum Gasteiger partial charge on any atom is 0.253 e. The lowest BCUT2D eigenvalue weighted by atomic mass is 9.95. The molecule has 27 heavy (non-hydrogen) atoms. The number of hydrogen-bond acceptors (Lipinski definition) is 3. The minimum atomic E-state index is -0.101. The highest BCUT2D eigenvalue weighted by Crippen LogP contribution is 2.36.